The van der Waals surface area contributed by atoms with Crippen LogP contribution in [0.1, 0.15) is 12.7 Å². The number of nitrogens with zero attached hydrogens (tertiary/aromatic N) is 1. The number of rotatable bonds is 4. The fourth-order valence-corrected chi connectivity index (χ4v) is 1.80. The van der Waals surface area contributed by atoms with Crippen molar-refractivity contribution in [3.05, 3.63) is 24.0 Å². The molecule has 0 aliphatic heterocycles. The Morgan fingerprint density at radius 3 is 3.06 bits per heavy atom. The molecule has 0 amide bonds. The summed E-state index contributed by atoms with van der Waals surface area (Å²) in [7, 11) is 1.71. The van der Waals surface area contributed by atoms with E-state index in [1.165, 1.54) is 0 Å². The molecule has 1 heterocycles. The fourth-order valence-electron chi connectivity index (χ4n) is 1.80. The summed E-state index contributed by atoms with van der Waals surface area (Å²) in [6, 6.07) is 6.42. The van der Waals surface area contributed by atoms with E-state index in [-0.39, 0.29) is 0 Å². The lowest BCUT2D eigenvalue weighted by Gasteiger charge is -2.13. The first-order valence-corrected chi connectivity index (χ1v) is 5.41. The van der Waals surface area contributed by atoms with E-state index in [0.29, 0.717) is 12.6 Å². The highest BCUT2D eigenvalue weighted by Crippen LogP contribution is 2.17. The van der Waals surface area contributed by atoms with E-state index in [9.17, 15) is 0 Å². The molecular formula is C12H17N3O. The van der Waals surface area contributed by atoms with Crippen LogP contribution in [0.15, 0.2) is 18.2 Å². The maximum atomic E-state index is 5.08. The van der Waals surface area contributed by atoms with Gasteiger partial charge in [-0.3, -0.25) is 0 Å². The number of hydrogen-bond donors (Lipinski definition) is 2. The predicted octanol–water partition coefficient (Wildman–Crippen LogP) is 2.32. The minimum absolute atomic E-state index is 0.298. The standard InChI is InChI=1S/C12H17N3O/c1-8(7-16-3)13-10-4-5-11-12(6-10)15-9(2)14-11/h4-6,8,13H,7H2,1-3H3,(H,14,15). The van der Waals surface area contributed by atoms with Crippen LogP contribution in [0.3, 0.4) is 0 Å². The molecule has 4 nitrogen and oxygen atoms in total. The van der Waals surface area contributed by atoms with Gasteiger partial charge in [-0.25, -0.2) is 4.98 Å². The van der Waals surface area contributed by atoms with E-state index in [1.54, 1.807) is 7.11 Å². The third-order valence-corrected chi connectivity index (χ3v) is 2.43. The van der Waals surface area contributed by atoms with Gasteiger partial charge in [0.25, 0.3) is 0 Å². The first kappa shape index (κ1) is 11.0. The third-order valence-electron chi connectivity index (χ3n) is 2.43. The Morgan fingerprint density at radius 1 is 1.50 bits per heavy atom. The number of fused-ring (bicyclic) bond motifs is 1. The summed E-state index contributed by atoms with van der Waals surface area (Å²) < 4.78 is 5.08. The van der Waals surface area contributed by atoms with E-state index in [0.717, 1.165) is 22.5 Å². The number of ether oxygens (including phenoxy) is 1. The van der Waals surface area contributed by atoms with Gasteiger partial charge in [0.1, 0.15) is 5.82 Å². The second-order valence-corrected chi connectivity index (χ2v) is 4.05. The van der Waals surface area contributed by atoms with Gasteiger partial charge in [0.05, 0.1) is 17.6 Å². The maximum absolute atomic E-state index is 5.08. The lowest BCUT2D eigenvalue weighted by molar-refractivity contribution is 0.190. The van der Waals surface area contributed by atoms with Crippen LogP contribution >= 0.6 is 0 Å². The number of anilines is 1. The van der Waals surface area contributed by atoms with Gasteiger partial charge in [-0.15, -0.1) is 0 Å². The van der Waals surface area contributed by atoms with Gasteiger partial charge in [-0.05, 0) is 32.0 Å². The Balaban J connectivity index is 2.18. The third kappa shape index (κ3) is 2.33. The van der Waals surface area contributed by atoms with Gasteiger partial charge >= 0.3 is 0 Å². The topological polar surface area (TPSA) is 49.9 Å². The molecule has 0 spiro atoms. The van der Waals surface area contributed by atoms with Crippen molar-refractivity contribution in [3.63, 3.8) is 0 Å². The highest BCUT2D eigenvalue weighted by Gasteiger charge is 2.03. The van der Waals surface area contributed by atoms with Crippen molar-refractivity contribution in [2.75, 3.05) is 19.0 Å². The SMILES string of the molecule is COCC(C)Nc1ccc2nc(C)[nH]c2c1. The largest absolute Gasteiger partial charge is 0.383 e. The molecule has 0 saturated heterocycles. The summed E-state index contributed by atoms with van der Waals surface area (Å²) in [5, 5.41) is 3.37. The molecule has 0 saturated carbocycles. The first-order valence-electron chi connectivity index (χ1n) is 5.41. The number of aryl methyl sites for hydroxylation is 1. The summed E-state index contributed by atoms with van der Waals surface area (Å²) in [6.45, 7) is 4.74. The first-order chi connectivity index (χ1) is 7.69. The number of methoxy groups -OCH3 is 1. The van der Waals surface area contributed by atoms with Crippen molar-refractivity contribution in [3.8, 4) is 0 Å². The molecule has 2 aromatic rings. The molecule has 2 rings (SSSR count). The highest BCUT2D eigenvalue weighted by atomic mass is 16.5. The summed E-state index contributed by atoms with van der Waals surface area (Å²) in [5.74, 6) is 0.942. The Hall–Kier alpha value is -1.55. The van der Waals surface area contributed by atoms with Crippen LogP contribution in [0, 0.1) is 6.92 Å². The van der Waals surface area contributed by atoms with Crippen LogP contribution in [0.5, 0.6) is 0 Å². The molecule has 0 radical (unpaired) electrons. The molecule has 2 N–H and O–H groups in total. The normalized spacial score (nSPS) is 12.9. The van der Waals surface area contributed by atoms with E-state index in [4.69, 9.17) is 4.74 Å². The van der Waals surface area contributed by atoms with E-state index < -0.39 is 0 Å². The van der Waals surface area contributed by atoms with Crippen molar-refractivity contribution in [2.24, 2.45) is 0 Å². The smallest absolute Gasteiger partial charge is 0.104 e. The molecule has 1 unspecified atom stereocenters. The highest BCUT2D eigenvalue weighted by molar-refractivity contribution is 5.79. The average Bonchev–Trinajstić information content (AvgIpc) is 2.57. The summed E-state index contributed by atoms with van der Waals surface area (Å²) in [4.78, 5) is 7.58. The van der Waals surface area contributed by atoms with Crippen molar-refractivity contribution >= 4 is 16.7 Å². The zero-order valence-electron chi connectivity index (χ0n) is 9.87. The monoisotopic (exact) mass is 219 g/mol. The second-order valence-electron chi connectivity index (χ2n) is 4.05. The minimum atomic E-state index is 0.298. The lowest BCUT2D eigenvalue weighted by atomic mass is 10.2. The van der Waals surface area contributed by atoms with Crippen LogP contribution in [0.25, 0.3) is 11.0 Å². The van der Waals surface area contributed by atoms with Gasteiger partial charge in [-0.1, -0.05) is 0 Å². The van der Waals surface area contributed by atoms with Gasteiger partial charge in [0.15, 0.2) is 0 Å². The zero-order chi connectivity index (χ0) is 11.5. The molecule has 0 aliphatic carbocycles. The summed E-state index contributed by atoms with van der Waals surface area (Å²) in [6.07, 6.45) is 0. The Bertz CT molecular complexity index is 478. The number of nitrogens with one attached hydrogen (secondary N) is 2. The number of H-pyrrole nitrogens is 1. The predicted molar refractivity (Wildman–Crippen MR) is 65.8 cm³/mol. The van der Waals surface area contributed by atoms with Crippen molar-refractivity contribution in [2.45, 2.75) is 19.9 Å². The Kier molecular flexibility index (Phi) is 3.10. The number of hydrogen-bond acceptors (Lipinski definition) is 3. The molecule has 16 heavy (non-hydrogen) atoms. The van der Waals surface area contributed by atoms with Crippen molar-refractivity contribution in [1.82, 2.24) is 9.97 Å². The van der Waals surface area contributed by atoms with Crippen molar-refractivity contribution < 1.29 is 4.74 Å². The molecular weight excluding hydrogens is 202 g/mol. The van der Waals surface area contributed by atoms with Crippen LogP contribution in [0.2, 0.25) is 0 Å². The second kappa shape index (κ2) is 4.53. The average molecular weight is 219 g/mol. The van der Waals surface area contributed by atoms with Crippen LogP contribution in [0.4, 0.5) is 5.69 Å². The molecule has 0 bridgehead atoms. The maximum Gasteiger partial charge on any atom is 0.104 e. The number of imidazole rings is 1. The van der Waals surface area contributed by atoms with Crippen LogP contribution in [-0.4, -0.2) is 29.7 Å². The van der Waals surface area contributed by atoms with Gasteiger partial charge in [-0.2, -0.15) is 0 Å². The Labute approximate surface area is 95.0 Å². The molecule has 86 valence electrons. The lowest BCUT2D eigenvalue weighted by Crippen LogP contribution is -2.20. The molecule has 0 aliphatic rings. The Morgan fingerprint density at radius 2 is 2.31 bits per heavy atom. The molecule has 1 atom stereocenters. The van der Waals surface area contributed by atoms with Gasteiger partial charge < -0.3 is 15.0 Å². The van der Waals surface area contributed by atoms with Crippen LogP contribution < -0.4 is 5.32 Å². The van der Waals surface area contributed by atoms with Gasteiger partial charge in [0.2, 0.25) is 0 Å². The summed E-state index contributed by atoms with van der Waals surface area (Å²) >= 11 is 0. The van der Waals surface area contributed by atoms with E-state index in [2.05, 4.69) is 28.3 Å². The quantitative estimate of drug-likeness (QED) is 0.829. The number of aromatic nitrogens is 2. The molecule has 1 aromatic heterocycles. The number of benzene rings is 1. The zero-order valence-corrected chi connectivity index (χ0v) is 9.87. The fraction of sp³-hybridized carbons (Fsp3) is 0.417. The molecule has 4 heteroatoms. The molecule has 1 aromatic carbocycles. The van der Waals surface area contributed by atoms with Crippen LogP contribution in [-0.2, 0) is 4.74 Å². The van der Waals surface area contributed by atoms with E-state index in [1.807, 2.05) is 19.1 Å². The molecule has 0 fully saturated rings. The number of aromatic amines is 1. The van der Waals surface area contributed by atoms with Crippen molar-refractivity contribution in [1.29, 1.82) is 0 Å². The summed E-state index contributed by atoms with van der Waals surface area (Å²) in [5.41, 5.74) is 3.15. The van der Waals surface area contributed by atoms with Gasteiger partial charge in [0, 0.05) is 18.8 Å². The minimum Gasteiger partial charge on any atom is -0.383 e. The van der Waals surface area contributed by atoms with E-state index >= 15 is 0 Å².